The molecule has 0 aliphatic heterocycles. The number of rotatable bonds is 5. The van der Waals surface area contributed by atoms with E-state index < -0.39 is 0 Å². The van der Waals surface area contributed by atoms with Gasteiger partial charge in [0.25, 0.3) is 0 Å². The number of aromatic nitrogens is 1. The van der Waals surface area contributed by atoms with E-state index in [-0.39, 0.29) is 0 Å². The SMILES string of the molecule is CNCc1csc(N(C)c2ccccc2OC)n1. The molecule has 0 aliphatic rings. The highest BCUT2D eigenvalue weighted by atomic mass is 32.1. The van der Waals surface area contributed by atoms with Crippen LogP contribution in [0.4, 0.5) is 10.8 Å². The molecule has 0 atom stereocenters. The number of para-hydroxylation sites is 2. The van der Waals surface area contributed by atoms with Crippen LogP contribution < -0.4 is 15.0 Å². The second kappa shape index (κ2) is 5.84. The number of benzene rings is 1. The molecule has 0 spiro atoms. The number of hydrogen-bond acceptors (Lipinski definition) is 5. The number of nitrogens with zero attached hydrogens (tertiary/aromatic N) is 2. The van der Waals surface area contributed by atoms with Crippen molar-refractivity contribution >= 4 is 22.2 Å². The summed E-state index contributed by atoms with van der Waals surface area (Å²) in [6.45, 7) is 0.788. The highest BCUT2D eigenvalue weighted by molar-refractivity contribution is 7.13. The predicted molar refractivity (Wildman–Crippen MR) is 75.9 cm³/mol. The predicted octanol–water partition coefficient (Wildman–Crippen LogP) is 2.64. The van der Waals surface area contributed by atoms with Crippen LogP contribution in [0.25, 0.3) is 0 Å². The maximum absolute atomic E-state index is 5.37. The Balaban J connectivity index is 2.26. The molecule has 5 heteroatoms. The topological polar surface area (TPSA) is 37.4 Å². The highest BCUT2D eigenvalue weighted by Gasteiger charge is 2.12. The third kappa shape index (κ3) is 2.63. The van der Waals surface area contributed by atoms with Crippen molar-refractivity contribution in [1.82, 2.24) is 10.3 Å². The minimum atomic E-state index is 0.788. The van der Waals surface area contributed by atoms with Crippen LogP contribution in [-0.4, -0.2) is 26.2 Å². The summed E-state index contributed by atoms with van der Waals surface area (Å²) in [5.41, 5.74) is 2.07. The summed E-state index contributed by atoms with van der Waals surface area (Å²) in [6, 6.07) is 7.94. The molecule has 2 rings (SSSR count). The molecule has 96 valence electrons. The van der Waals surface area contributed by atoms with Gasteiger partial charge in [-0.15, -0.1) is 11.3 Å². The average molecular weight is 263 g/mol. The van der Waals surface area contributed by atoms with Gasteiger partial charge >= 0.3 is 0 Å². The molecule has 0 saturated heterocycles. The second-order valence-electron chi connectivity index (χ2n) is 3.88. The normalized spacial score (nSPS) is 10.4. The van der Waals surface area contributed by atoms with Crippen molar-refractivity contribution in [3.63, 3.8) is 0 Å². The van der Waals surface area contributed by atoms with Crippen molar-refractivity contribution in [2.24, 2.45) is 0 Å². The molecule has 0 amide bonds. The van der Waals surface area contributed by atoms with E-state index >= 15 is 0 Å². The van der Waals surface area contributed by atoms with Gasteiger partial charge in [0.2, 0.25) is 0 Å². The molecule has 0 bridgehead atoms. The van der Waals surface area contributed by atoms with E-state index in [4.69, 9.17) is 4.74 Å². The zero-order valence-corrected chi connectivity index (χ0v) is 11.6. The molecular formula is C13H17N3OS. The van der Waals surface area contributed by atoms with Crippen molar-refractivity contribution in [2.75, 3.05) is 26.1 Å². The first-order valence-electron chi connectivity index (χ1n) is 5.72. The summed E-state index contributed by atoms with van der Waals surface area (Å²) < 4.78 is 5.37. The van der Waals surface area contributed by atoms with Crippen LogP contribution in [0.5, 0.6) is 5.75 Å². The van der Waals surface area contributed by atoms with Gasteiger partial charge in [-0.3, -0.25) is 0 Å². The monoisotopic (exact) mass is 263 g/mol. The molecular weight excluding hydrogens is 246 g/mol. The fourth-order valence-electron chi connectivity index (χ4n) is 1.72. The van der Waals surface area contributed by atoms with Gasteiger partial charge in [-0.25, -0.2) is 4.98 Å². The summed E-state index contributed by atoms with van der Waals surface area (Å²) in [5, 5.41) is 6.13. The van der Waals surface area contributed by atoms with Gasteiger partial charge in [0.1, 0.15) is 5.75 Å². The van der Waals surface area contributed by atoms with Crippen molar-refractivity contribution in [2.45, 2.75) is 6.54 Å². The lowest BCUT2D eigenvalue weighted by Gasteiger charge is -2.18. The third-order valence-electron chi connectivity index (χ3n) is 2.63. The smallest absolute Gasteiger partial charge is 0.189 e. The summed E-state index contributed by atoms with van der Waals surface area (Å²) in [6.07, 6.45) is 0. The first-order valence-corrected chi connectivity index (χ1v) is 6.60. The van der Waals surface area contributed by atoms with E-state index in [0.717, 1.165) is 28.8 Å². The van der Waals surface area contributed by atoms with Gasteiger partial charge in [-0.2, -0.15) is 0 Å². The third-order valence-corrected chi connectivity index (χ3v) is 3.60. The Morgan fingerprint density at radius 3 is 2.89 bits per heavy atom. The van der Waals surface area contributed by atoms with Crippen LogP contribution >= 0.6 is 11.3 Å². The van der Waals surface area contributed by atoms with Gasteiger partial charge in [-0.1, -0.05) is 12.1 Å². The highest BCUT2D eigenvalue weighted by Crippen LogP contribution is 2.33. The molecule has 1 heterocycles. The van der Waals surface area contributed by atoms with Crippen molar-refractivity contribution in [1.29, 1.82) is 0 Å². The Hall–Kier alpha value is -1.59. The maximum Gasteiger partial charge on any atom is 0.189 e. The van der Waals surface area contributed by atoms with E-state index in [2.05, 4.69) is 15.7 Å². The number of anilines is 2. The molecule has 18 heavy (non-hydrogen) atoms. The van der Waals surface area contributed by atoms with E-state index in [0.29, 0.717) is 0 Å². The van der Waals surface area contributed by atoms with E-state index in [1.165, 1.54) is 0 Å². The lowest BCUT2D eigenvalue weighted by Crippen LogP contribution is -2.11. The van der Waals surface area contributed by atoms with Gasteiger partial charge in [0.05, 0.1) is 18.5 Å². The maximum atomic E-state index is 5.37. The molecule has 1 aromatic carbocycles. The van der Waals surface area contributed by atoms with Crippen LogP contribution in [0.1, 0.15) is 5.69 Å². The van der Waals surface area contributed by atoms with Crippen LogP contribution in [0, 0.1) is 0 Å². The molecule has 2 aromatic rings. The molecule has 1 N–H and O–H groups in total. The molecule has 0 saturated carbocycles. The Labute approximate surface area is 111 Å². The fourth-order valence-corrected chi connectivity index (χ4v) is 2.53. The molecule has 0 radical (unpaired) electrons. The van der Waals surface area contributed by atoms with Crippen LogP contribution in [0.2, 0.25) is 0 Å². The summed E-state index contributed by atoms with van der Waals surface area (Å²) in [4.78, 5) is 6.62. The lowest BCUT2D eigenvalue weighted by molar-refractivity contribution is 0.415. The summed E-state index contributed by atoms with van der Waals surface area (Å²) in [7, 11) is 5.60. The largest absolute Gasteiger partial charge is 0.495 e. The van der Waals surface area contributed by atoms with Gasteiger partial charge < -0.3 is 15.0 Å². The fraction of sp³-hybridized carbons (Fsp3) is 0.308. The zero-order valence-electron chi connectivity index (χ0n) is 10.8. The van der Waals surface area contributed by atoms with Gasteiger partial charge in [-0.05, 0) is 19.2 Å². The molecule has 0 unspecified atom stereocenters. The van der Waals surface area contributed by atoms with Crippen LogP contribution in [0.3, 0.4) is 0 Å². The summed E-state index contributed by atoms with van der Waals surface area (Å²) in [5.74, 6) is 0.852. The van der Waals surface area contributed by atoms with E-state index in [1.54, 1.807) is 18.4 Å². The standard InChI is InChI=1S/C13H17N3OS/c1-14-8-10-9-18-13(15-10)16(2)11-6-4-5-7-12(11)17-3/h4-7,9,14H,8H2,1-3H3. The van der Waals surface area contributed by atoms with Crippen molar-refractivity contribution in [3.8, 4) is 5.75 Å². The average Bonchev–Trinajstić information content (AvgIpc) is 2.87. The van der Waals surface area contributed by atoms with Gasteiger partial charge in [0.15, 0.2) is 5.13 Å². The first-order chi connectivity index (χ1) is 8.76. The molecule has 1 aromatic heterocycles. The number of ether oxygens (including phenoxy) is 1. The van der Waals surface area contributed by atoms with E-state index in [1.807, 2.05) is 43.3 Å². The molecule has 4 nitrogen and oxygen atoms in total. The quantitative estimate of drug-likeness (QED) is 0.900. The first kappa shape index (κ1) is 12.9. The Morgan fingerprint density at radius 1 is 1.39 bits per heavy atom. The van der Waals surface area contributed by atoms with Crippen molar-refractivity contribution in [3.05, 3.63) is 35.3 Å². The number of nitrogens with one attached hydrogen (secondary N) is 1. The summed E-state index contributed by atoms with van der Waals surface area (Å²) >= 11 is 1.63. The minimum Gasteiger partial charge on any atom is -0.495 e. The number of hydrogen-bond donors (Lipinski definition) is 1. The second-order valence-corrected chi connectivity index (χ2v) is 4.72. The molecule has 0 aliphatic carbocycles. The van der Waals surface area contributed by atoms with Gasteiger partial charge in [0, 0.05) is 19.0 Å². The number of thiazole rings is 1. The minimum absolute atomic E-state index is 0.788. The van der Waals surface area contributed by atoms with E-state index in [9.17, 15) is 0 Å². The Kier molecular flexibility index (Phi) is 4.17. The molecule has 0 fully saturated rings. The number of methoxy groups -OCH3 is 1. The zero-order chi connectivity index (χ0) is 13.0. The van der Waals surface area contributed by atoms with Crippen molar-refractivity contribution < 1.29 is 4.74 Å². The lowest BCUT2D eigenvalue weighted by atomic mass is 10.3. The Bertz CT molecular complexity index is 512. The van der Waals surface area contributed by atoms with Crippen LogP contribution in [-0.2, 0) is 6.54 Å². The Morgan fingerprint density at radius 2 is 2.17 bits per heavy atom. The van der Waals surface area contributed by atoms with Crippen LogP contribution in [0.15, 0.2) is 29.6 Å².